The molecule has 0 aromatic heterocycles. The molecule has 0 fully saturated rings. The van der Waals surface area contributed by atoms with Gasteiger partial charge in [0.25, 0.3) is 0 Å². The molecule has 1 atom stereocenters. The lowest BCUT2D eigenvalue weighted by Crippen LogP contribution is -2.17. The molecular formula is C15H22Cl2. The average Bonchev–Trinajstić information content (AvgIpc) is 2.32. The van der Waals surface area contributed by atoms with Crippen LogP contribution in [0.5, 0.6) is 0 Å². The lowest BCUT2D eigenvalue weighted by molar-refractivity contribution is 0.418. The number of rotatable bonds is 7. The first kappa shape index (κ1) is 14.9. The van der Waals surface area contributed by atoms with Crippen molar-refractivity contribution < 1.29 is 0 Å². The van der Waals surface area contributed by atoms with E-state index in [1.807, 2.05) is 12.1 Å². The Balaban J connectivity index is 2.55. The van der Waals surface area contributed by atoms with Gasteiger partial charge >= 0.3 is 0 Å². The molecule has 1 unspecified atom stereocenters. The molecule has 17 heavy (non-hydrogen) atoms. The highest BCUT2D eigenvalue weighted by atomic mass is 35.5. The molecule has 1 aromatic carbocycles. The van der Waals surface area contributed by atoms with E-state index in [-0.39, 0.29) is 5.38 Å². The van der Waals surface area contributed by atoms with Crippen LogP contribution in [0.25, 0.3) is 0 Å². The topological polar surface area (TPSA) is 0 Å². The maximum absolute atomic E-state index is 6.55. The number of benzene rings is 1. The van der Waals surface area contributed by atoms with Gasteiger partial charge in [-0.2, -0.15) is 0 Å². The minimum absolute atomic E-state index is 0.246. The summed E-state index contributed by atoms with van der Waals surface area (Å²) in [5, 5.41) is 1.04. The molecule has 1 rings (SSSR count). The normalized spacial score (nSPS) is 13.0. The third-order valence-electron chi connectivity index (χ3n) is 3.17. The first-order valence-electron chi connectivity index (χ1n) is 6.55. The second-order valence-electron chi connectivity index (χ2n) is 4.68. The monoisotopic (exact) mass is 272 g/mol. The van der Waals surface area contributed by atoms with Crippen LogP contribution in [0.15, 0.2) is 24.3 Å². The van der Waals surface area contributed by atoms with Crippen molar-refractivity contribution in [2.45, 2.75) is 51.3 Å². The van der Waals surface area contributed by atoms with E-state index in [9.17, 15) is 0 Å². The van der Waals surface area contributed by atoms with Crippen molar-refractivity contribution in [1.29, 1.82) is 0 Å². The zero-order valence-electron chi connectivity index (χ0n) is 10.8. The summed E-state index contributed by atoms with van der Waals surface area (Å²) in [5.74, 6) is 0.641. The Morgan fingerprint density at radius 1 is 1.00 bits per heavy atom. The third kappa shape index (κ3) is 5.31. The molecule has 1 aromatic rings. The van der Waals surface area contributed by atoms with Gasteiger partial charge in [0.1, 0.15) is 0 Å². The van der Waals surface area contributed by atoms with Crippen molar-refractivity contribution in [2.75, 3.05) is 0 Å². The maximum atomic E-state index is 6.55. The van der Waals surface area contributed by atoms with Gasteiger partial charge in [0.05, 0.1) is 0 Å². The Kier molecular flexibility index (Phi) is 6.99. The van der Waals surface area contributed by atoms with E-state index in [2.05, 4.69) is 26.0 Å². The van der Waals surface area contributed by atoms with E-state index in [4.69, 9.17) is 23.2 Å². The standard InChI is InChI=1S/C15H22Cl2/c1-3-5-13(6-4-2)15(17)11-12-7-9-14(16)10-8-12/h7-10,13,15H,3-6,11H2,1-2H3. The van der Waals surface area contributed by atoms with Crippen LogP contribution in [-0.4, -0.2) is 5.38 Å². The summed E-state index contributed by atoms with van der Waals surface area (Å²) in [6, 6.07) is 8.03. The van der Waals surface area contributed by atoms with E-state index in [0.29, 0.717) is 5.92 Å². The van der Waals surface area contributed by atoms with Gasteiger partial charge in [-0.25, -0.2) is 0 Å². The highest BCUT2D eigenvalue weighted by Crippen LogP contribution is 2.25. The smallest absolute Gasteiger partial charge is 0.0406 e. The predicted molar refractivity (Wildman–Crippen MR) is 78.1 cm³/mol. The van der Waals surface area contributed by atoms with Gasteiger partial charge < -0.3 is 0 Å². The molecule has 0 saturated carbocycles. The maximum Gasteiger partial charge on any atom is 0.0406 e. The SMILES string of the molecule is CCCC(CCC)C(Cl)Cc1ccc(Cl)cc1. The minimum Gasteiger partial charge on any atom is -0.122 e. The van der Waals surface area contributed by atoms with Gasteiger partial charge in [-0.15, -0.1) is 11.6 Å². The zero-order chi connectivity index (χ0) is 12.7. The van der Waals surface area contributed by atoms with Crippen molar-refractivity contribution in [3.8, 4) is 0 Å². The lowest BCUT2D eigenvalue weighted by atomic mass is 9.91. The number of alkyl halides is 1. The minimum atomic E-state index is 0.246. The molecule has 0 spiro atoms. The Morgan fingerprint density at radius 2 is 1.53 bits per heavy atom. The molecule has 0 N–H and O–H groups in total. The Bertz CT molecular complexity index is 299. The fourth-order valence-electron chi connectivity index (χ4n) is 2.26. The number of hydrogen-bond acceptors (Lipinski definition) is 0. The summed E-state index contributed by atoms with van der Waals surface area (Å²) in [5.41, 5.74) is 1.28. The van der Waals surface area contributed by atoms with E-state index in [0.717, 1.165) is 11.4 Å². The predicted octanol–water partition coefficient (Wildman–Crippen LogP) is 5.71. The lowest BCUT2D eigenvalue weighted by Gasteiger charge is -2.21. The molecule has 0 aliphatic heterocycles. The molecule has 0 heterocycles. The Labute approximate surface area is 115 Å². The fourth-order valence-corrected chi connectivity index (χ4v) is 2.82. The van der Waals surface area contributed by atoms with Gasteiger partial charge in [-0.1, -0.05) is 50.4 Å². The molecule has 96 valence electrons. The van der Waals surface area contributed by atoms with Gasteiger partial charge in [0.15, 0.2) is 0 Å². The molecule has 0 radical (unpaired) electrons. The molecule has 0 nitrogen and oxygen atoms in total. The molecule has 0 amide bonds. The molecule has 2 heteroatoms. The fraction of sp³-hybridized carbons (Fsp3) is 0.600. The average molecular weight is 273 g/mol. The molecule has 0 aliphatic carbocycles. The van der Waals surface area contributed by atoms with Crippen molar-refractivity contribution in [3.05, 3.63) is 34.9 Å². The highest BCUT2D eigenvalue weighted by Gasteiger charge is 2.17. The van der Waals surface area contributed by atoms with Crippen LogP contribution in [0.4, 0.5) is 0 Å². The highest BCUT2D eigenvalue weighted by molar-refractivity contribution is 6.30. The largest absolute Gasteiger partial charge is 0.122 e. The first-order chi connectivity index (χ1) is 8.17. The first-order valence-corrected chi connectivity index (χ1v) is 7.37. The number of hydrogen-bond donors (Lipinski definition) is 0. The van der Waals surface area contributed by atoms with Gasteiger partial charge in [-0.05, 0) is 42.9 Å². The van der Waals surface area contributed by atoms with Crippen molar-refractivity contribution >= 4 is 23.2 Å². The van der Waals surface area contributed by atoms with Crippen molar-refractivity contribution in [3.63, 3.8) is 0 Å². The van der Waals surface area contributed by atoms with Crippen LogP contribution in [0, 0.1) is 5.92 Å². The van der Waals surface area contributed by atoms with Crippen LogP contribution in [-0.2, 0) is 6.42 Å². The van der Waals surface area contributed by atoms with Crippen molar-refractivity contribution in [2.24, 2.45) is 5.92 Å². The molecular weight excluding hydrogens is 251 g/mol. The summed E-state index contributed by atoms with van der Waals surface area (Å²) in [4.78, 5) is 0. The molecule has 0 saturated heterocycles. The quantitative estimate of drug-likeness (QED) is 0.558. The van der Waals surface area contributed by atoms with E-state index >= 15 is 0 Å². The zero-order valence-corrected chi connectivity index (χ0v) is 12.3. The van der Waals surface area contributed by atoms with Crippen LogP contribution >= 0.6 is 23.2 Å². The second kappa shape index (κ2) is 8.00. The summed E-state index contributed by atoms with van der Waals surface area (Å²) in [6.45, 7) is 4.46. The van der Waals surface area contributed by atoms with Crippen LogP contribution in [0.2, 0.25) is 5.02 Å². The Hall–Kier alpha value is -0.200. The van der Waals surface area contributed by atoms with Gasteiger partial charge in [0.2, 0.25) is 0 Å². The molecule has 0 bridgehead atoms. The summed E-state index contributed by atoms with van der Waals surface area (Å²) in [6.07, 6.45) is 5.84. The van der Waals surface area contributed by atoms with Crippen LogP contribution in [0.1, 0.15) is 45.1 Å². The van der Waals surface area contributed by atoms with E-state index in [1.54, 1.807) is 0 Å². The van der Waals surface area contributed by atoms with Crippen LogP contribution in [0.3, 0.4) is 0 Å². The number of halogens is 2. The molecule has 0 aliphatic rings. The summed E-state index contributed by atoms with van der Waals surface area (Å²) in [7, 11) is 0. The van der Waals surface area contributed by atoms with E-state index in [1.165, 1.54) is 31.2 Å². The van der Waals surface area contributed by atoms with Crippen LogP contribution < -0.4 is 0 Å². The third-order valence-corrected chi connectivity index (χ3v) is 3.94. The van der Waals surface area contributed by atoms with Crippen molar-refractivity contribution in [1.82, 2.24) is 0 Å². The van der Waals surface area contributed by atoms with E-state index < -0.39 is 0 Å². The van der Waals surface area contributed by atoms with Gasteiger partial charge in [-0.3, -0.25) is 0 Å². The summed E-state index contributed by atoms with van der Waals surface area (Å²) < 4.78 is 0. The summed E-state index contributed by atoms with van der Waals surface area (Å²) >= 11 is 12.4. The Morgan fingerprint density at radius 3 is 2.00 bits per heavy atom. The van der Waals surface area contributed by atoms with Gasteiger partial charge in [0, 0.05) is 10.4 Å². The second-order valence-corrected chi connectivity index (χ2v) is 5.68.